The molecule has 2 aliphatic rings. The van der Waals surface area contributed by atoms with Gasteiger partial charge in [-0.3, -0.25) is 19.3 Å². The number of benzene rings is 2. The van der Waals surface area contributed by atoms with E-state index in [2.05, 4.69) is 4.98 Å². The fraction of sp³-hybridized carbons (Fsp3) is 0.433. The number of para-hydroxylation sites is 1. The maximum absolute atomic E-state index is 13.7. The number of carbonyl (C=O) groups excluding carboxylic acids is 3. The molecule has 0 bridgehead atoms. The Morgan fingerprint density at radius 1 is 0.911 bits per heavy atom. The van der Waals surface area contributed by atoms with Gasteiger partial charge in [-0.15, -0.1) is 12.4 Å². The van der Waals surface area contributed by atoms with Crippen LogP contribution in [0.3, 0.4) is 0 Å². The average molecular weight is 660 g/mol. The molecule has 2 atom stereocenters. The SMILES string of the molecule is Cl.NC(=O)C1CCCN(C(=O)CN2CCN(C(=O)c3cc(C(F)(F)F)cc(C(F)(F)F)c3)[C@H](Cc3c[nH]c4ccccc34)C2)C1. The highest BCUT2D eigenvalue weighted by atomic mass is 35.5. The second kappa shape index (κ2) is 13.3. The summed E-state index contributed by atoms with van der Waals surface area (Å²) in [6, 6.07) is 7.59. The Morgan fingerprint density at radius 3 is 2.22 bits per heavy atom. The summed E-state index contributed by atoms with van der Waals surface area (Å²) in [5.74, 6) is -2.10. The van der Waals surface area contributed by atoms with Crippen molar-refractivity contribution in [3.05, 3.63) is 70.9 Å². The van der Waals surface area contributed by atoms with Gasteiger partial charge >= 0.3 is 12.4 Å². The lowest BCUT2D eigenvalue weighted by Crippen LogP contribution is -2.58. The monoisotopic (exact) mass is 659 g/mol. The molecule has 244 valence electrons. The highest BCUT2D eigenvalue weighted by molar-refractivity contribution is 5.95. The standard InChI is InChI=1S/C30H31F6N5O3.ClH/c31-29(32,33)21-10-19(11-22(13-21)30(34,35)36)28(44)41-9-8-39(17-26(42)40-7-3-4-18(15-40)27(37)43)16-23(41)12-20-14-38-25-6-2-1-5-24(20)25;/h1-2,5-6,10-11,13-14,18,23,38H,3-4,7-9,12,15-17H2,(H2,37,43);1H/t18?,23-;/m1./s1. The van der Waals surface area contributed by atoms with Gasteiger partial charge in [0.1, 0.15) is 0 Å². The number of carbonyl (C=O) groups is 3. The van der Waals surface area contributed by atoms with Crippen LogP contribution in [0.2, 0.25) is 0 Å². The summed E-state index contributed by atoms with van der Waals surface area (Å²) in [5.41, 5.74) is 3.22. The molecule has 2 aliphatic heterocycles. The van der Waals surface area contributed by atoms with E-state index in [1.165, 1.54) is 4.90 Å². The normalized spacial score (nSPS) is 19.8. The van der Waals surface area contributed by atoms with Gasteiger partial charge < -0.3 is 20.5 Å². The van der Waals surface area contributed by atoms with Crippen molar-refractivity contribution in [1.82, 2.24) is 19.7 Å². The van der Waals surface area contributed by atoms with Gasteiger partial charge in [-0.25, -0.2) is 0 Å². The van der Waals surface area contributed by atoms with Crippen molar-refractivity contribution < 1.29 is 40.7 Å². The number of aromatic amines is 1. The summed E-state index contributed by atoms with van der Waals surface area (Å²) >= 11 is 0. The molecule has 2 fully saturated rings. The van der Waals surface area contributed by atoms with E-state index in [1.807, 2.05) is 29.2 Å². The summed E-state index contributed by atoms with van der Waals surface area (Å²) < 4.78 is 81.3. The number of rotatable bonds is 6. The third-order valence-corrected chi connectivity index (χ3v) is 8.33. The number of halogens is 7. The van der Waals surface area contributed by atoms with Crippen LogP contribution in [0.1, 0.15) is 39.9 Å². The second-order valence-electron chi connectivity index (χ2n) is 11.3. The number of nitrogens with zero attached hydrogens (tertiary/aromatic N) is 3. The number of H-pyrrole nitrogens is 1. The van der Waals surface area contributed by atoms with Crippen LogP contribution < -0.4 is 5.73 Å². The number of hydrogen-bond donors (Lipinski definition) is 2. The van der Waals surface area contributed by atoms with Crippen LogP contribution in [0.4, 0.5) is 26.3 Å². The van der Waals surface area contributed by atoms with Crippen LogP contribution in [0.5, 0.6) is 0 Å². The molecule has 15 heteroatoms. The third kappa shape index (κ3) is 7.72. The first-order valence-corrected chi connectivity index (χ1v) is 14.2. The number of piperazine rings is 1. The molecule has 0 radical (unpaired) electrons. The molecule has 5 rings (SSSR count). The van der Waals surface area contributed by atoms with Crippen molar-refractivity contribution in [1.29, 1.82) is 0 Å². The van der Waals surface area contributed by atoms with Gasteiger partial charge in [0, 0.05) is 61.4 Å². The van der Waals surface area contributed by atoms with Crippen LogP contribution in [-0.2, 0) is 28.4 Å². The fourth-order valence-electron chi connectivity index (χ4n) is 6.03. The number of alkyl halides is 6. The molecule has 0 aliphatic carbocycles. The smallest absolute Gasteiger partial charge is 0.369 e. The minimum absolute atomic E-state index is 0. The predicted molar refractivity (Wildman–Crippen MR) is 155 cm³/mol. The first-order chi connectivity index (χ1) is 20.7. The van der Waals surface area contributed by atoms with Crippen molar-refractivity contribution in [2.24, 2.45) is 11.7 Å². The molecule has 2 saturated heterocycles. The summed E-state index contributed by atoms with van der Waals surface area (Å²) in [4.78, 5) is 46.3. The van der Waals surface area contributed by atoms with E-state index in [0.717, 1.165) is 16.5 Å². The molecule has 0 spiro atoms. The zero-order valence-electron chi connectivity index (χ0n) is 24.0. The van der Waals surface area contributed by atoms with Gasteiger partial charge in [0.25, 0.3) is 5.91 Å². The predicted octanol–water partition coefficient (Wildman–Crippen LogP) is 4.72. The number of amides is 3. The Balaban J connectivity index is 0.00000461. The van der Waals surface area contributed by atoms with E-state index >= 15 is 0 Å². The maximum atomic E-state index is 13.7. The lowest BCUT2D eigenvalue weighted by atomic mass is 9.97. The largest absolute Gasteiger partial charge is 0.416 e. The number of primary amides is 1. The third-order valence-electron chi connectivity index (χ3n) is 8.33. The van der Waals surface area contributed by atoms with Crippen LogP contribution >= 0.6 is 12.4 Å². The number of nitrogens with one attached hydrogen (secondary N) is 1. The molecule has 2 aromatic carbocycles. The number of piperidine rings is 1. The van der Waals surface area contributed by atoms with Crippen molar-refractivity contribution in [3.63, 3.8) is 0 Å². The van der Waals surface area contributed by atoms with Crippen molar-refractivity contribution in [2.75, 3.05) is 39.3 Å². The maximum Gasteiger partial charge on any atom is 0.416 e. The Morgan fingerprint density at radius 2 is 1.58 bits per heavy atom. The van der Waals surface area contributed by atoms with Gasteiger partial charge in [0.05, 0.1) is 23.6 Å². The highest BCUT2D eigenvalue weighted by Gasteiger charge is 2.39. The van der Waals surface area contributed by atoms with Crippen molar-refractivity contribution in [3.8, 4) is 0 Å². The molecule has 1 aromatic heterocycles. The van der Waals surface area contributed by atoms with E-state index in [9.17, 15) is 40.7 Å². The lowest BCUT2D eigenvalue weighted by molar-refractivity contribution is -0.143. The zero-order valence-corrected chi connectivity index (χ0v) is 24.8. The van der Waals surface area contributed by atoms with Gasteiger partial charge in [0.2, 0.25) is 11.8 Å². The molecule has 3 aromatic rings. The summed E-state index contributed by atoms with van der Waals surface area (Å²) in [7, 11) is 0. The first-order valence-electron chi connectivity index (χ1n) is 14.2. The Bertz CT molecular complexity index is 1530. The summed E-state index contributed by atoms with van der Waals surface area (Å²) in [5, 5.41) is 0.859. The number of aromatic nitrogens is 1. The van der Waals surface area contributed by atoms with Crippen molar-refractivity contribution in [2.45, 2.75) is 37.7 Å². The molecule has 3 N–H and O–H groups in total. The molecule has 8 nitrogen and oxygen atoms in total. The van der Waals surface area contributed by atoms with E-state index in [0.29, 0.717) is 31.5 Å². The van der Waals surface area contributed by atoms with Gasteiger partial charge in [-0.05, 0) is 49.1 Å². The van der Waals surface area contributed by atoms with Gasteiger partial charge in [-0.2, -0.15) is 26.3 Å². The van der Waals surface area contributed by atoms with E-state index < -0.39 is 52.8 Å². The lowest BCUT2D eigenvalue weighted by Gasteiger charge is -2.42. The minimum Gasteiger partial charge on any atom is -0.369 e. The molecular weight excluding hydrogens is 628 g/mol. The number of nitrogens with two attached hydrogens (primary N) is 1. The summed E-state index contributed by atoms with van der Waals surface area (Å²) in [6.07, 6.45) is -6.98. The van der Waals surface area contributed by atoms with Crippen molar-refractivity contribution >= 4 is 41.0 Å². The molecular formula is C30H32ClF6N5O3. The highest BCUT2D eigenvalue weighted by Crippen LogP contribution is 2.37. The Kier molecular flexibility index (Phi) is 10.1. The topological polar surface area (TPSA) is 103 Å². The van der Waals surface area contributed by atoms with Crippen LogP contribution in [-0.4, -0.2) is 82.7 Å². The van der Waals surface area contributed by atoms with Crippen LogP contribution in [0.25, 0.3) is 10.9 Å². The number of fused-ring (bicyclic) bond motifs is 1. The Labute approximate surface area is 260 Å². The molecule has 0 saturated carbocycles. The van der Waals surface area contributed by atoms with E-state index in [-0.39, 0.29) is 63.5 Å². The van der Waals surface area contributed by atoms with Crippen LogP contribution in [0.15, 0.2) is 48.7 Å². The fourth-order valence-corrected chi connectivity index (χ4v) is 6.03. The number of likely N-dealkylation sites (tertiary alicyclic amines) is 1. The minimum atomic E-state index is -5.10. The molecule has 3 amide bonds. The quantitative estimate of drug-likeness (QED) is 0.374. The van der Waals surface area contributed by atoms with E-state index in [1.54, 1.807) is 11.1 Å². The summed E-state index contributed by atoms with van der Waals surface area (Å²) in [6.45, 7) is 0.939. The zero-order chi connectivity index (χ0) is 31.8. The van der Waals surface area contributed by atoms with E-state index in [4.69, 9.17) is 5.73 Å². The average Bonchev–Trinajstić information content (AvgIpc) is 3.38. The van der Waals surface area contributed by atoms with Gasteiger partial charge in [-0.1, -0.05) is 18.2 Å². The Hall–Kier alpha value is -3.78. The molecule has 3 heterocycles. The molecule has 1 unspecified atom stereocenters. The molecule has 45 heavy (non-hydrogen) atoms. The second-order valence-corrected chi connectivity index (χ2v) is 11.3. The van der Waals surface area contributed by atoms with Gasteiger partial charge in [0.15, 0.2) is 0 Å². The first kappa shape index (κ1) is 34.1. The van der Waals surface area contributed by atoms with Crippen LogP contribution in [0, 0.1) is 5.92 Å². The number of hydrogen-bond acceptors (Lipinski definition) is 4.